The number of sulfonamides is 1. The molecule has 1 unspecified atom stereocenters. The molecule has 1 atom stereocenters. The molecule has 6 heteroatoms. The van der Waals surface area contributed by atoms with Gasteiger partial charge in [-0.1, -0.05) is 12.8 Å². The van der Waals surface area contributed by atoms with Crippen LogP contribution in [-0.2, 0) is 10.0 Å². The van der Waals surface area contributed by atoms with Crippen LogP contribution in [0, 0.1) is 0 Å². The third kappa shape index (κ3) is 3.08. The molecule has 1 fully saturated rings. The summed E-state index contributed by atoms with van der Waals surface area (Å²) in [6.07, 6.45) is 4.07. The zero-order chi connectivity index (χ0) is 13.9. The first-order valence-corrected chi connectivity index (χ1v) is 8.08. The highest BCUT2D eigenvalue weighted by molar-refractivity contribution is 7.89. The van der Waals surface area contributed by atoms with Crippen LogP contribution < -0.4 is 11.3 Å². The zero-order valence-electron chi connectivity index (χ0n) is 11.2. The second-order valence-corrected chi connectivity index (χ2v) is 6.87. The summed E-state index contributed by atoms with van der Waals surface area (Å²) in [6.45, 7) is 2.60. The van der Waals surface area contributed by atoms with E-state index >= 15 is 0 Å². The van der Waals surface area contributed by atoms with E-state index in [1.165, 1.54) is 0 Å². The van der Waals surface area contributed by atoms with Gasteiger partial charge in [-0.15, -0.1) is 0 Å². The SMILES string of the molecule is CC1CCCCCN1S(=O)(=O)c1ccc(NN)cc1. The van der Waals surface area contributed by atoms with Crippen molar-refractivity contribution in [2.75, 3.05) is 12.0 Å². The number of rotatable bonds is 3. The molecule has 106 valence electrons. The van der Waals surface area contributed by atoms with E-state index in [0.717, 1.165) is 25.7 Å². The van der Waals surface area contributed by atoms with Gasteiger partial charge in [0.25, 0.3) is 0 Å². The Bertz CT molecular complexity index is 513. The second-order valence-electron chi connectivity index (χ2n) is 4.98. The molecule has 1 aliphatic heterocycles. The van der Waals surface area contributed by atoms with Crippen LogP contribution in [0.1, 0.15) is 32.6 Å². The van der Waals surface area contributed by atoms with E-state index in [-0.39, 0.29) is 6.04 Å². The van der Waals surface area contributed by atoms with Gasteiger partial charge in [0.05, 0.1) is 4.90 Å². The average molecular weight is 283 g/mol. The number of benzene rings is 1. The molecule has 19 heavy (non-hydrogen) atoms. The molecular weight excluding hydrogens is 262 g/mol. The Morgan fingerprint density at radius 3 is 2.53 bits per heavy atom. The molecule has 0 aromatic heterocycles. The lowest BCUT2D eigenvalue weighted by Gasteiger charge is -2.26. The molecule has 5 nitrogen and oxygen atoms in total. The van der Waals surface area contributed by atoms with E-state index in [9.17, 15) is 8.42 Å². The summed E-state index contributed by atoms with van der Waals surface area (Å²) >= 11 is 0. The van der Waals surface area contributed by atoms with Crippen LogP contribution in [0.4, 0.5) is 5.69 Å². The van der Waals surface area contributed by atoms with Crippen molar-refractivity contribution in [2.45, 2.75) is 43.5 Å². The number of hydrogen-bond donors (Lipinski definition) is 2. The second kappa shape index (κ2) is 5.90. The Morgan fingerprint density at radius 2 is 1.89 bits per heavy atom. The minimum Gasteiger partial charge on any atom is -0.324 e. The summed E-state index contributed by atoms with van der Waals surface area (Å²) in [5, 5.41) is 0. The maximum atomic E-state index is 12.6. The lowest BCUT2D eigenvalue weighted by atomic mass is 10.1. The van der Waals surface area contributed by atoms with Crippen molar-refractivity contribution in [3.63, 3.8) is 0 Å². The Kier molecular flexibility index (Phi) is 4.44. The Morgan fingerprint density at radius 1 is 1.21 bits per heavy atom. The molecule has 0 saturated carbocycles. The van der Waals surface area contributed by atoms with Crippen molar-refractivity contribution in [2.24, 2.45) is 5.84 Å². The molecule has 0 spiro atoms. The molecule has 1 aromatic rings. The molecule has 0 bridgehead atoms. The first kappa shape index (κ1) is 14.3. The summed E-state index contributed by atoms with van der Waals surface area (Å²) < 4.78 is 26.9. The van der Waals surface area contributed by atoms with Gasteiger partial charge in [-0.25, -0.2) is 8.42 Å². The zero-order valence-corrected chi connectivity index (χ0v) is 12.0. The van der Waals surface area contributed by atoms with E-state index in [1.807, 2.05) is 6.92 Å². The van der Waals surface area contributed by atoms with Gasteiger partial charge in [0.1, 0.15) is 0 Å². The molecule has 0 amide bonds. The molecule has 1 heterocycles. The van der Waals surface area contributed by atoms with Gasteiger partial charge in [-0.3, -0.25) is 5.84 Å². The minimum atomic E-state index is -3.39. The number of nitrogens with two attached hydrogens (primary N) is 1. The highest BCUT2D eigenvalue weighted by atomic mass is 32.2. The van der Waals surface area contributed by atoms with Crippen LogP contribution in [0.3, 0.4) is 0 Å². The van der Waals surface area contributed by atoms with Crippen molar-refractivity contribution < 1.29 is 8.42 Å². The number of nitrogens with one attached hydrogen (secondary N) is 1. The monoisotopic (exact) mass is 283 g/mol. The molecule has 1 aromatic carbocycles. The number of anilines is 1. The Balaban J connectivity index is 2.29. The largest absolute Gasteiger partial charge is 0.324 e. The number of nitrogens with zero attached hydrogens (tertiary/aromatic N) is 1. The minimum absolute atomic E-state index is 0.0693. The van der Waals surface area contributed by atoms with Gasteiger partial charge < -0.3 is 5.43 Å². The summed E-state index contributed by atoms with van der Waals surface area (Å²) in [5.74, 6) is 5.28. The third-order valence-corrected chi connectivity index (χ3v) is 5.65. The molecule has 0 radical (unpaired) electrons. The molecule has 0 aliphatic carbocycles. The fraction of sp³-hybridized carbons (Fsp3) is 0.538. The van der Waals surface area contributed by atoms with Crippen LogP contribution in [0.2, 0.25) is 0 Å². The van der Waals surface area contributed by atoms with E-state index in [1.54, 1.807) is 28.6 Å². The molecule has 2 rings (SSSR count). The van der Waals surface area contributed by atoms with Crippen LogP contribution in [0.15, 0.2) is 29.2 Å². The van der Waals surface area contributed by atoms with E-state index in [2.05, 4.69) is 5.43 Å². The van der Waals surface area contributed by atoms with Crippen LogP contribution in [0.25, 0.3) is 0 Å². The van der Waals surface area contributed by atoms with Crippen LogP contribution in [0.5, 0.6) is 0 Å². The first-order chi connectivity index (χ1) is 9.05. The van der Waals surface area contributed by atoms with Crippen LogP contribution >= 0.6 is 0 Å². The topological polar surface area (TPSA) is 75.4 Å². The normalized spacial score (nSPS) is 21.9. The van der Waals surface area contributed by atoms with E-state index in [0.29, 0.717) is 17.1 Å². The Hall–Kier alpha value is -1.11. The van der Waals surface area contributed by atoms with Crippen molar-refractivity contribution in [1.82, 2.24) is 4.31 Å². The van der Waals surface area contributed by atoms with Gasteiger partial charge in [0.15, 0.2) is 0 Å². The predicted octanol–water partition coefficient (Wildman–Crippen LogP) is 1.93. The first-order valence-electron chi connectivity index (χ1n) is 6.64. The average Bonchev–Trinajstić information content (AvgIpc) is 2.64. The lowest BCUT2D eigenvalue weighted by molar-refractivity contribution is 0.342. The fourth-order valence-corrected chi connectivity index (χ4v) is 4.16. The molecule has 1 aliphatic rings. The highest BCUT2D eigenvalue weighted by Crippen LogP contribution is 2.25. The predicted molar refractivity (Wildman–Crippen MR) is 76.1 cm³/mol. The fourth-order valence-electron chi connectivity index (χ4n) is 2.46. The molecular formula is C13H21N3O2S. The summed E-state index contributed by atoms with van der Waals surface area (Å²) in [4.78, 5) is 0.334. The summed E-state index contributed by atoms with van der Waals surface area (Å²) in [6, 6.07) is 6.62. The van der Waals surface area contributed by atoms with Crippen molar-refractivity contribution >= 4 is 15.7 Å². The number of hydrogen-bond acceptors (Lipinski definition) is 4. The van der Waals surface area contributed by atoms with Crippen molar-refractivity contribution in [3.8, 4) is 0 Å². The third-order valence-electron chi connectivity index (χ3n) is 3.62. The Labute approximate surface area is 114 Å². The van der Waals surface area contributed by atoms with Gasteiger partial charge in [0, 0.05) is 18.3 Å². The van der Waals surface area contributed by atoms with Gasteiger partial charge in [-0.2, -0.15) is 4.31 Å². The van der Waals surface area contributed by atoms with Gasteiger partial charge >= 0.3 is 0 Å². The van der Waals surface area contributed by atoms with Gasteiger partial charge in [-0.05, 0) is 44.0 Å². The maximum Gasteiger partial charge on any atom is 0.243 e. The summed E-state index contributed by atoms with van der Waals surface area (Å²) in [5.41, 5.74) is 3.19. The highest BCUT2D eigenvalue weighted by Gasteiger charge is 2.29. The number of nitrogen functional groups attached to an aromatic ring is 1. The van der Waals surface area contributed by atoms with Crippen molar-refractivity contribution in [1.29, 1.82) is 0 Å². The van der Waals surface area contributed by atoms with Crippen molar-refractivity contribution in [3.05, 3.63) is 24.3 Å². The lowest BCUT2D eigenvalue weighted by Crippen LogP contribution is -2.38. The molecule has 3 N–H and O–H groups in total. The van der Waals surface area contributed by atoms with Crippen LogP contribution in [-0.4, -0.2) is 25.3 Å². The number of hydrazine groups is 1. The van der Waals surface area contributed by atoms with Gasteiger partial charge in [0.2, 0.25) is 10.0 Å². The van der Waals surface area contributed by atoms with E-state index in [4.69, 9.17) is 5.84 Å². The smallest absolute Gasteiger partial charge is 0.243 e. The maximum absolute atomic E-state index is 12.6. The quantitative estimate of drug-likeness (QED) is 0.656. The standard InChI is InChI=1S/C13H21N3O2S/c1-11-5-3-2-4-10-16(11)19(17,18)13-8-6-12(15-14)7-9-13/h6-9,11,15H,2-5,10,14H2,1H3. The van der Waals surface area contributed by atoms with E-state index < -0.39 is 10.0 Å². The molecule has 1 saturated heterocycles. The summed E-state index contributed by atoms with van der Waals surface area (Å²) in [7, 11) is -3.39.